The Kier molecular flexibility index (Phi) is 6.82. The number of benzene rings is 2. The van der Waals surface area contributed by atoms with E-state index in [2.05, 4.69) is 10.1 Å². The lowest BCUT2D eigenvalue weighted by atomic mass is 9.84. The number of esters is 1. The topological polar surface area (TPSA) is 62.1 Å². The smallest absolute Gasteiger partial charge is 0.306 e. The average Bonchev–Trinajstić information content (AvgIpc) is 2.76. The van der Waals surface area contributed by atoms with Gasteiger partial charge in [-0.05, 0) is 11.1 Å². The first-order valence-electron chi connectivity index (χ1n) is 9.93. The summed E-state index contributed by atoms with van der Waals surface area (Å²) >= 11 is 0. The quantitative estimate of drug-likeness (QED) is 0.338. The van der Waals surface area contributed by atoms with E-state index >= 15 is 0 Å². The van der Waals surface area contributed by atoms with E-state index in [-0.39, 0.29) is 5.97 Å². The maximum Gasteiger partial charge on any atom is 0.306 e. The maximum atomic E-state index is 12.1. The third kappa shape index (κ3) is 4.78. The summed E-state index contributed by atoms with van der Waals surface area (Å²) in [6.07, 6.45) is 2.58. The molecule has 0 saturated carbocycles. The van der Waals surface area contributed by atoms with Gasteiger partial charge in [0, 0.05) is 45.3 Å². The highest BCUT2D eigenvalue weighted by Gasteiger charge is 2.39. The molecule has 1 heterocycles. The number of ether oxygens (including phenoxy) is 1. The SMILES string of the molecule is CCC(=O)OC1(c2ccccc2)CCN(CCC(=NO)c2ccccc2)CC1. The number of hydrogen-bond donors (Lipinski definition) is 1. The Morgan fingerprint density at radius 2 is 1.68 bits per heavy atom. The molecule has 3 rings (SSSR count). The van der Waals surface area contributed by atoms with Crippen LogP contribution in [0.1, 0.15) is 43.7 Å². The summed E-state index contributed by atoms with van der Waals surface area (Å²) in [7, 11) is 0. The molecule has 1 saturated heterocycles. The summed E-state index contributed by atoms with van der Waals surface area (Å²) in [6.45, 7) is 4.30. The molecule has 1 fully saturated rings. The second kappa shape index (κ2) is 9.51. The van der Waals surface area contributed by atoms with Gasteiger partial charge in [0.2, 0.25) is 0 Å². The zero-order valence-electron chi connectivity index (χ0n) is 16.4. The van der Waals surface area contributed by atoms with E-state index in [1.807, 2.05) is 67.6 Å². The van der Waals surface area contributed by atoms with Crippen molar-refractivity contribution < 1.29 is 14.7 Å². The van der Waals surface area contributed by atoms with Gasteiger partial charge in [0.1, 0.15) is 5.60 Å². The largest absolute Gasteiger partial charge is 0.454 e. The molecule has 0 radical (unpaired) electrons. The molecular formula is C23H28N2O3. The monoisotopic (exact) mass is 380 g/mol. The predicted octanol–water partition coefficient (Wildman–Crippen LogP) is 4.20. The van der Waals surface area contributed by atoms with Gasteiger partial charge in [0.05, 0.1) is 5.71 Å². The first-order chi connectivity index (χ1) is 13.7. The zero-order chi connectivity index (χ0) is 19.8. The highest BCUT2D eigenvalue weighted by molar-refractivity contribution is 6.00. The Hall–Kier alpha value is -2.66. The van der Waals surface area contributed by atoms with Crippen LogP contribution in [0.5, 0.6) is 0 Å². The highest BCUT2D eigenvalue weighted by Crippen LogP contribution is 2.37. The van der Waals surface area contributed by atoms with Gasteiger partial charge in [-0.25, -0.2) is 0 Å². The third-order valence-electron chi connectivity index (χ3n) is 5.45. The first kappa shape index (κ1) is 20.1. The van der Waals surface area contributed by atoms with Crippen LogP contribution in [-0.2, 0) is 15.1 Å². The molecule has 1 aliphatic heterocycles. The molecular weight excluding hydrogens is 352 g/mol. The van der Waals surface area contributed by atoms with Gasteiger partial charge in [0.15, 0.2) is 0 Å². The lowest BCUT2D eigenvalue weighted by Gasteiger charge is -2.41. The maximum absolute atomic E-state index is 12.1. The van der Waals surface area contributed by atoms with Crippen LogP contribution in [0.4, 0.5) is 0 Å². The minimum atomic E-state index is -0.543. The molecule has 28 heavy (non-hydrogen) atoms. The van der Waals surface area contributed by atoms with Crippen LogP contribution in [-0.4, -0.2) is 41.4 Å². The number of rotatable bonds is 7. The fraction of sp³-hybridized carbons (Fsp3) is 0.391. The van der Waals surface area contributed by atoms with Gasteiger partial charge in [0.25, 0.3) is 0 Å². The molecule has 0 amide bonds. The number of carbonyl (C=O) groups is 1. The lowest BCUT2D eigenvalue weighted by molar-refractivity contribution is -0.166. The molecule has 0 spiro atoms. The summed E-state index contributed by atoms with van der Waals surface area (Å²) in [6, 6.07) is 19.8. The first-order valence-corrected chi connectivity index (χ1v) is 9.93. The summed E-state index contributed by atoms with van der Waals surface area (Å²) in [5.41, 5.74) is 2.16. The molecule has 0 aliphatic carbocycles. The number of oxime groups is 1. The number of likely N-dealkylation sites (tertiary alicyclic amines) is 1. The van der Waals surface area contributed by atoms with Crippen molar-refractivity contribution in [3.63, 3.8) is 0 Å². The van der Waals surface area contributed by atoms with Crippen molar-refractivity contribution in [2.45, 2.75) is 38.2 Å². The summed E-state index contributed by atoms with van der Waals surface area (Å²) in [5.74, 6) is -0.156. The van der Waals surface area contributed by atoms with E-state index in [1.165, 1.54) is 0 Å². The van der Waals surface area contributed by atoms with Gasteiger partial charge >= 0.3 is 5.97 Å². The van der Waals surface area contributed by atoms with Gasteiger partial charge in [-0.15, -0.1) is 0 Å². The van der Waals surface area contributed by atoms with Crippen LogP contribution in [0.2, 0.25) is 0 Å². The minimum absolute atomic E-state index is 0.156. The van der Waals surface area contributed by atoms with Crippen LogP contribution in [0.3, 0.4) is 0 Å². The van der Waals surface area contributed by atoms with E-state index in [1.54, 1.807) is 0 Å². The van der Waals surface area contributed by atoms with Crippen molar-refractivity contribution in [1.29, 1.82) is 0 Å². The van der Waals surface area contributed by atoms with E-state index < -0.39 is 5.60 Å². The molecule has 1 N–H and O–H groups in total. The van der Waals surface area contributed by atoms with Gasteiger partial charge in [-0.2, -0.15) is 0 Å². The number of hydrogen-bond acceptors (Lipinski definition) is 5. The Bertz CT molecular complexity index is 782. The zero-order valence-corrected chi connectivity index (χ0v) is 16.4. The molecule has 148 valence electrons. The van der Waals surface area contributed by atoms with Crippen LogP contribution in [0.15, 0.2) is 65.8 Å². The molecule has 2 aromatic carbocycles. The normalized spacial score (nSPS) is 17.2. The van der Waals surface area contributed by atoms with Gasteiger partial charge in [-0.1, -0.05) is 72.7 Å². The Labute approximate surface area is 166 Å². The second-order valence-electron chi connectivity index (χ2n) is 7.19. The van der Waals surface area contributed by atoms with Crippen LogP contribution < -0.4 is 0 Å². The number of piperidine rings is 1. The Balaban J connectivity index is 1.63. The van der Waals surface area contributed by atoms with Crippen molar-refractivity contribution in [2.24, 2.45) is 5.16 Å². The lowest BCUT2D eigenvalue weighted by Crippen LogP contribution is -2.45. The van der Waals surface area contributed by atoms with Crippen LogP contribution in [0.25, 0.3) is 0 Å². The van der Waals surface area contributed by atoms with Crippen molar-refractivity contribution in [1.82, 2.24) is 4.90 Å². The molecule has 0 atom stereocenters. The summed E-state index contributed by atoms with van der Waals surface area (Å²) < 4.78 is 5.95. The van der Waals surface area contributed by atoms with E-state index in [0.717, 1.165) is 43.6 Å². The molecule has 5 nitrogen and oxygen atoms in total. The molecule has 2 aromatic rings. The van der Waals surface area contributed by atoms with Gasteiger partial charge in [-0.3, -0.25) is 4.79 Å². The van der Waals surface area contributed by atoms with Crippen molar-refractivity contribution in [3.05, 3.63) is 71.8 Å². The average molecular weight is 380 g/mol. The van der Waals surface area contributed by atoms with Crippen molar-refractivity contribution in [3.8, 4) is 0 Å². The minimum Gasteiger partial charge on any atom is -0.454 e. The fourth-order valence-corrected chi connectivity index (χ4v) is 3.77. The molecule has 0 aromatic heterocycles. The van der Waals surface area contributed by atoms with E-state index in [9.17, 15) is 10.0 Å². The standard InChI is InChI=1S/C23H28N2O3/c1-2-22(26)28-23(20-11-7-4-8-12-20)14-17-25(18-15-23)16-13-21(24-27)19-9-5-3-6-10-19/h3-12,27H,2,13-18H2,1H3. The third-order valence-corrected chi connectivity index (χ3v) is 5.45. The fourth-order valence-electron chi connectivity index (χ4n) is 3.77. The molecule has 0 bridgehead atoms. The van der Waals surface area contributed by atoms with Crippen LogP contribution >= 0.6 is 0 Å². The number of nitrogens with zero attached hydrogens (tertiary/aromatic N) is 2. The van der Waals surface area contributed by atoms with Crippen molar-refractivity contribution in [2.75, 3.05) is 19.6 Å². The molecule has 5 heteroatoms. The summed E-state index contributed by atoms with van der Waals surface area (Å²) in [5, 5.41) is 12.9. The van der Waals surface area contributed by atoms with Gasteiger partial charge < -0.3 is 14.8 Å². The second-order valence-corrected chi connectivity index (χ2v) is 7.19. The van der Waals surface area contributed by atoms with E-state index in [0.29, 0.717) is 18.6 Å². The predicted molar refractivity (Wildman–Crippen MR) is 110 cm³/mol. The van der Waals surface area contributed by atoms with E-state index in [4.69, 9.17) is 4.74 Å². The van der Waals surface area contributed by atoms with Crippen molar-refractivity contribution >= 4 is 11.7 Å². The number of carbonyl (C=O) groups excluding carboxylic acids is 1. The molecule has 0 unspecified atom stereocenters. The highest BCUT2D eigenvalue weighted by atomic mass is 16.6. The Morgan fingerprint density at radius 3 is 2.25 bits per heavy atom. The molecule has 1 aliphatic rings. The van der Waals surface area contributed by atoms with Crippen LogP contribution in [0, 0.1) is 0 Å². The summed E-state index contributed by atoms with van der Waals surface area (Å²) in [4.78, 5) is 14.4. The Morgan fingerprint density at radius 1 is 1.07 bits per heavy atom.